The van der Waals surface area contributed by atoms with E-state index in [1.807, 2.05) is 18.2 Å². The van der Waals surface area contributed by atoms with Crippen LogP contribution in [0.5, 0.6) is 0 Å². The Morgan fingerprint density at radius 1 is 1.23 bits per heavy atom. The first-order chi connectivity index (χ1) is 14.8. The number of aromatic nitrogens is 2. The van der Waals surface area contributed by atoms with Crippen LogP contribution in [0, 0.1) is 5.92 Å². The number of carbonyl (C=O) groups is 3. The quantitative estimate of drug-likeness (QED) is 0.357. The van der Waals surface area contributed by atoms with Gasteiger partial charge in [-0.1, -0.05) is 18.2 Å². The maximum Gasteiger partial charge on any atom is 0.410 e. The molecule has 2 atom stereocenters. The van der Waals surface area contributed by atoms with Crippen molar-refractivity contribution in [2.24, 2.45) is 5.92 Å². The standard InChI is InChI=1S/C22H27N3O6/c1-14(26)30-15(2)31-22(29)23-11-5-7-17(21(27)28)12-18-20-10-9-16-6-3-4-8-19(16)25(20)13-24-18/h3-4,6,8,13,15,17H,5,7,9-12H2,1-2H3,(H,23,29)(H,27,28)/t15?,17-/m0/s1. The van der Waals surface area contributed by atoms with Crippen LogP contribution in [0.1, 0.15) is 43.6 Å². The number of carboxylic acid groups (broad SMARTS) is 1. The van der Waals surface area contributed by atoms with Gasteiger partial charge in [0, 0.05) is 38.2 Å². The van der Waals surface area contributed by atoms with E-state index in [0.29, 0.717) is 19.3 Å². The second-order valence-electron chi connectivity index (χ2n) is 7.53. The van der Waals surface area contributed by atoms with Gasteiger partial charge in [0.2, 0.25) is 6.29 Å². The Balaban J connectivity index is 1.52. The van der Waals surface area contributed by atoms with Gasteiger partial charge in [0.15, 0.2) is 0 Å². The number of amides is 1. The highest BCUT2D eigenvalue weighted by Crippen LogP contribution is 2.28. The van der Waals surface area contributed by atoms with E-state index in [4.69, 9.17) is 9.47 Å². The molecule has 0 spiro atoms. The molecule has 31 heavy (non-hydrogen) atoms. The van der Waals surface area contributed by atoms with Crippen LogP contribution in [0.2, 0.25) is 0 Å². The summed E-state index contributed by atoms with van der Waals surface area (Å²) in [4.78, 5) is 38.8. The number of carboxylic acids is 1. The predicted molar refractivity (Wildman–Crippen MR) is 111 cm³/mol. The molecular formula is C22H27N3O6. The molecule has 0 saturated heterocycles. The van der Waals surface area contributed by atoms with Crippen molar-refractivity contribution in [1.82, 2.24) is 14.9 Å². The Kier molecular flexibility index (Phi) is 7.28. The van der Waals surface area contributed by atoms with Crippen LogP contribution in [0.4, 0.5) is 4.79 Å². The molecule has 1 aliphatic rings. The average Bonchev–Trinajstić information content (AvgIpc) is 3.12. The fraction of sp³-hybridized carbons (Fsp3) is 0.455. The number of benzene rings is 1. The number of hydrogen-bond donors (Lipinski definition) is 2. The van der Waals surface area contributed by atoms with Crippen LogP contribution in [0.25, 0.3) is 5.69 Å². The Morgan fingerprint density at radius 3 is 2.74 bits per heavy atom. The number of ether oxygens (including phenoxy) is 2. The molecule has 1 amide bonds. The van der Waals surface area contributed by atoms with Crippen molar-refractivity contribution >= 4 is 18.0 Å². The number of para-hydroxylation sites is 1. The second kappa shape index (κ2) is 10.1. The molecule has 2 aromatic rings. The number of aliphatic carboxylic acids is 1. The smallest absolute Gasteiger partial charge is 0.410 e. The summed E-state index contributed by atoms with van der Waals surface area (Å²) in [6, 6.07) is 8.15. The number of aryl methyl sites for hydroxylation is 1. The summed E-state index contributed by atoms with van der Waals surface area (Å²) in [5.74, 6) is -2.03. The zero-order valence-electron chi connectivity index (χ0n) is 17.7. The molecule has 166 valence electrons. The number of alkyl carbamates (subject to hydrolysis) is 1. The lowest BCUT2D eigenvalue weighted by Gasteiger charge is -2.20. The minimum absolute atomic E-state index is 0.254. The van der Waals surface area contributed by atoms with E-state index >= 15 is 0 Å². The normalized spacial score (nSPS) is 14.0. The Hall–Kier alpha value is -3.36. The number of nitrogens with zero attached hydrogens (tertiary/aromatic N) is 2. The van der Waals surface area contributed by atoms with Gasteiger partial charge >= 0.3 is 18.0 Å². The first-order valence-corrected chi connectivity index (χ1v) is 10.3. The lowest BCUT2D eigenvalue weighted by molar-refractivity contribution is -0.162. The molecule has 0 radical (unpaired) electrons. The molecule has 1 aromatic carbocycles. The summed E-state index contributed by atoms with van der Waals surface area (Å²) in [5, 5.41) is 12.2. The zero-order valence-corrected chi connectivity index (χ0v) is 17.7. The van der Waals surface area contributed by atoms with Gasteiger partial charge in [-0.3, -0.25) is 9.59 Å². The fourth-order valence-electron chi connectivity index (χ4n) is 3.80. The van der Waals surface area contributed by atoms with Crippen LogP contribution in [0.15, 0.2) is 30.6 Å². The van der Waals surface area contributed by atoms with Gasteiger partial charge in [0.25, 0.3) is 0 Å². The van der Waals surface area contributed by atoms with Crippen molar-refractivity contribution in [2.75, 3.05) is 6.54 Å². The fourth-order valence-corrected chi connectivity index (χ4v) is 3.80. The summed E-state index contributed by atoms with van der Waals surface area (Å²) < 4.78 is 11.6. The highest BCUT2D eigenvalue weighted by atomic mass is 16.7. The molecular weight excluding hydrogens is 402 g/mol. The summed E-state index contributed by atoms with van der Waals surface area (Å²) >= 11 is 0. The summed E-state index contributed by atoms with van der Waals surface area (Å²) in [7, 11) is 0. The van der Waals surface area contributed by atoms with E-state index in [9.17, 15) is 19.5 Å². The van der Waals surface area contributed by atoms with Crippen molar-refractivity contribution in [2.45, 2.75) is 52.2 Å². The van der Waals surface area contributed by atoms with Crippen molar-refractivity contribution in [1.29, 1.82) is 0 Å². The third kappa shape index (κ3) is 5.84. The van der Waals surface area contributed by atoms with Crippen LogP contribution in [0.3, 0.4) is 0 Å². The largest absolute Gasteiger partial charge is 0.481 e. The van der Waals surface area contributed by atoms with Gasteiger partial charge in [0.1, 0.15) is 0 Å². The number of fused-ring (bicyclic) bond motifs is 3. The Bertz CT molecular complexity index is 954. The molecule has 9 heteroatoms. The number of imidazole rings is 1. The predicted octanol–water partition coefficient (Wildman–Crippen LogP) is 2.63. The highest BCUT2D eigenvalue weighted by molar-refractivity contribution is 5.70. The van der Waals surface area contributed by atoms with Gasteiger partial charge < -0.3 is 24.5 Å². The van der Waals surface area contributed by atoms with Crippen molar-refractivity contribution in [3.63, 3.8) is 0 Å². The molecule has 0 fully saturated rings. The molecule has 3 rings (SSSR count). The van der Waals surface area contributed by atoms with E-state index < -0.39 is 30.2 Å². The van der Waals surface area contributed by atoms with Gasteiger partial charge in [-0.15, -0.1) is 0 Å². The number of hydrogen-bond acceptors (Lipinski definition) is 6. The molecule has 0 bridgehead atoms. The molecule has 1 aromatic heterocycles. The average molecular weight is 429 g/mol. The number of carbonyl (C=O) groups excluding carboxylic acids is 2. The summed E-state index contributed by atoms with van der Waals surface area (Å²) in [6.45, 7) is 2.91. The van der Waals surface area contributed by atoms with E-state index in [1.165, 1.54) is 19.4 Å². The van der Waals surface area contributed by atoms with Gasteiger partial charge in [-0.25, -0.2) is 9.78 Å². The van der Waals surface area contributed by atoms with Crippen molar-refractivity contribution < 1.29 is 29.0 Å². The molecule has 1 unspecified atom stereocenters. The van der Waals surface area contributed by atoms with Gasteiger partial charge in [0.05, 0.1) is 17.9 Å². The maximum absolute atomic E-state index is 11.8. The van der Waals surface area contributed by atoms with Crippen LogP contribution in [-0.2, 0) is 38.3 Å². The topological polar surface area (TPSA) is 120 Å². The first-order valence-electron chi connectivity index (χ1n) is 10.3. The third-order valence-electron chi connectivity index (χ3n) is 5.23. The van der Waals surface area contributed by atoms with Crippen molar-refractivity contribution in [3.8, 4) is 5.69 Å². The van der Waals surface area contributed by atoms with Gasteiger partial charge in [-0.2, -0.15) is 0 Å². The van der Waals surface area contributed by atoms with E-state index in [0.717, 1.165) is 29.9 Å². The van der Waals surface area contributed by atoms with Crippen molar-refractivity contribution in [3.05, 3.63) is 47.5 Å². The zero-order chi connectivity index (χ0) is 22.4. The monoisotopic (exact) mass is 429 g/mol. The number of esters is 1. The van der Waals surface area contributed by atoms with Crippen LogP contribution >= 0.6 is 0 Å². The molecule has 9 nitrogen and oxygen atoms in total. The third-order valence-corrected chi connectivity index (χ3v) is 5.23. The molecule has 1 aliphatic heterocycles. The Labute approximate surface area is 180 Å². The SMILES string of the molecule is CC(=O)OC(C)OC(=O)NCCC[C@@H](Cc1ncn2c1CCc1ccccc1-2)C(=O)O. The Morgan fingerprint density at radius 2 is 2.00 bits per heavy atom. The summed E-state index contributed by atoms with van der Waals surface area (Å²) in [6.07, 6.45) is 2.99. The molecule has 2 heterocycles. The maximum atomic E-state index is 11.8. The minimum Gasteiger partial charge on any atom is -0.481 e. The molecule has 0 aliphatic carbocycles. The lowest BCUT2D eigenvalue weighted by atomic mass is 9.94. The molecule has 0 saturated carbocycles. The van der Waals surface area contributed by atoms with E-state index in [-0.39, 0.29) is 6.54 Å². The van der Waals surface area contributed by atoms with Crippen LogP contribution in [-0.4, -0.2) is 45.5 Å². The number of nitrogens with one attached hydrogen (secondary N) is 1. The first kappa shape index (κ1) is 22.3. The highest BCUT2D eigenvalue weighted by Gasteiger charge is 2.24. The number of rotatable bonds is 9. The lowest BCUT2D eigenvalue weighted by Crippen LogP contribution is -2.31. The molecule has 2 N–H and O–H groups in total. The van der Waals surface area contributed by atoms with E-state index in [1.54, 1.807) is 6.33 Å². The summed E-state index contributed by atoms with van der Waals surface area (Å²) in [5.41, 5.74) is 4.23. The minimum atomic E-state index is -0.985. The van der Waals surface area contributed by atoms with E-state index in [2.05, 4.69) is 20.9 Å². The van der Waals surface area contributed by atoms with Gasteiger partial charge in [-0.05, 0) is 37.3 Å². The van der Waals surface area contributed by atoms with Crippen LogP contribution < -0.4 is 5.32 Å². The second-order valence-corrected chi connectivity index (χ2v) is 7.53.